The number of hydrogen-bond acceptors (Lipinski definition) is 4. The smallest absolute Gasteiger partial charge is 0.159 e. The molecular weight excluding hydrogens is 422 g/mol. The van der Waals surface area contributed by atoms with Gasteiger partial charge in [0.15, 0.2) is 5.82 Å². The Labute approximate surface area is 202 Å². The van der Waals surface area contributed by atoms with Gasteiger partial charge in [-0.05, 0) is 79.8 Å². The summed E-state index contributed by atoms with van der Waals surface area (Å²) in [6.45, 7) is 6.38. The fourth-order valence-electron chi connectivity index (χ4n) is 4.34. The van der Waals surface area contributed by atoms with Crippen LogP contribution in [0.5, 0.6) is 0 Å². The monoisotopic (exact) mass is 453 g/mol. The Morgan fingerprint density at radius 3 is 2.15 bits per heavy atom. The molecule has 0 bridgehead atoms. The topological polar surface area (TPSA) is 38.7 Å². The Bertz CT molecular complexity index is 1250. The number of pyridine rings is 1. The van der Waals surface area contributed by atoms with E-state index in [9.17, 15) is 0 Å². The minimum absolute atomic E-state index is 0.822. The Morgan fingerprint density at radius 1 is 0.758 bits per heavy atom. The zero-order chi connectivity index (χ0) is 23.2. The normalized spacial score (nSPS) is 11.0. The molecule has 0 aliphatic heterocycles. The summed E-state index contributed by atoms with van der Waals surface area (Å²) in [6.07, 6.45) is 8.55. The summed E-state index contributed by atoms with van der Waals surface area (Å²) in [5.41, 5.74) is 9.91. The van der Waals surface area contributed by atoms with E-state index in [4.69, 9.17) is 4.98 Å². The number of thiol groups is 1. The largest absolute Gasteiger partial charge is 0.260 e. The zero-order valence-electron chi connectivity index (χ0n) is 19.7. The maximum absolute atomic E-state index is 4.89. The molecule has 0 radical (unpaired) electrons. The molecule has 4 rings (SSSR count). The SMILES string of the molecule is CCc1ccccc1-c1nccc(CCc2ccccc2CCc2c(S)cnc(C)c2C)n1. The van der Waals surface area contributed by atoms with Crippen LogP contribution in [0.25, 0.3) is 11.4 Å². The first-order valence-corrected chi connectivity index (χ1v) is 12.1. The van der Waals surface area contributed by atoms with Crippen molar-refractivity contribution in [3.8, 4) is 11.4 Å². The predicted molar refractivity (Wildman–Crippen MR) is 139 cm³/mol. The van der Waals surface area contributed by atoms with E-state index in [0.29, 0.717) is 0 Å². The quantitative estimate of drug-likeness (QED) is 0.306. The van der Waals surface area contributed by atoms with Gasteiger partial charge in [0, 0.05) is 34.2 Å². The standard InChI is InChI=1S/C29H31N3S/c1-4-22-9-7-8-12-27(22)29-30-18-17-25(32-29)15-13-23-10-5-6-11-24(23)14-16-26-20(2)21(3)31-19-28(26)33/h5-12,17-19,33H,4,13-16H2,1-3H3. The molecule has 0 amide bonds. The molecule has 33 heavy (non-hydrogen) atoms. The lowest BCUT2D eigenvalue weighted by molar-refractivity contribution is 0.854. The first kappa shape index (κ1) is 23.2. The lowest BCUT2D eigenvalue weighted by Crippen LogP contribution is -2.04. The van der Waals surface area contributed by atoms with Crippen molar-refractivity contribution in [2.45, 2.75) is 57.8 Å². The molecule has 0 N–H and O–H groups in total. The van der Waals surface area contributed by atoms with Crippen molar-refractivity contribution in [3.05, 3.63) is 106 Å². The van der Waals surface area contributed by atoms with Gasteiger partial charge in [-0.3, -0.25) is 4.98 Å². The van der Waals surface area contributed by atoms with E-state index in [-0.39, 0.29) is 0 Å². The van der Waals surface area contributed by atoms with Crippen molar-refractivity contribution in [2.24, 2.45) is 0 Å². The molecule has 2 aromatic carbocycles. The molecule has 4 aromatic rings. The van der Waals surface area contributed by atoms with Gasteiger partial charge < -0.3 is 0 Å². The average molecular weight is 454 g/mol. The summed E-state index contributed by atoms with van der Waals surface area (Å²) in [4.78, 5) is 14.9. The van der Waals surface area contributed by atoms with Crippen LogP contribution in [0.4, 0.5) is 0 Å². The summed E-state index contributed by atoms with van der Waals surface area (Å²) in [7, 11) is 0. The number of nitrogens with zero attached hydrogens (tertiary/aromatic N) is 3. The van der Waals surface area contributed by atoms with Gasteiger partial charge in [-0.1, -0.05) is 55.5 Å². The Hall–Kier alpha value is -2.98. The number of aromatic nitrogens is 3. The van der Waals surface area contributed by atoms with Crippen molar-refractivity contribution >= 4 is 12.6 Å². The van der Waals surface area contributed by atoms with Crippen molar-refractivity contribution in [2.75, 3.05) is 0 Å². The highest BCUT2D eigenvalue weighted by Crippen LogP contribution is 2.24. The van der Waals surface area contributed by atoms with E-state index >= 15 is 0 Å². The molecule has 0 fully saturated rings. The lowest BCUT2D eigenvalue weighted by Gasteiger charge is -2.13. The first-order chi connectivity index (χ1) is 16.1. The van der Waals surface area contributed by atoms with Crippen LogP contribution >= 0.6 is 12.6 Å². The lowest BCUT2D eigenvalue weighted by atomic mass is 9.95. The van der Waals surface area contributed by atoms with Gasteiger partial charge in [-0.15, -0.1) is 12.6 Å². The maximum atomic E-state index is 4.89. The highest BCUT2D eigenvalue weighted by Gasteiger charge is 2.11. The second-order valence-electron chi connectivity index (χ2n) is 8.48. The number of benzene rings is 2. The predicted octanol–water partition coefficient (Wildman–Crippen LogP) is 6.58. The molecule has 0 saturated heterocycles. The van der Waals surface area contributed by atoms with Crippen molar-refractivity contribution in [1.29, 1.82) is 0 Å². The molecule has 168 valence electrons. The van der Waals surface area contributed by atoms with Gasteiger partial charge in [0.2, 0.25) is 0 Å². The molecule has 0 aliphatic rings. The van der Waals surface area contributed by atoms with Gasteiger partial charge in [0.1, 0.15) is 0 Å². The summed E-state index contributed by atoms with van der Waals surface area (Å²) in [5.74, 6) is 0.822. The van der Waals surface area contributed by atoms with Crippen LogP contribution in [-0.2, 0) is 32.1 Å². The second kappa shape index (κ2) is 10.8. The molecular formula is C29H31N3S. The third-order valence-corrected chi connectivity index (χ3v) is 6.84. The van der Waals surface area contributed by atoms with Gasteiger partial charge in [0.25, 0.3) is 0 Å². The molecule has 4 heteroatoms. The molecule has 0 spiro atoms. The molecule has 0 saturated carbocycles. The Balaban J connectivity index is 1.49. The van der Waals surface area contributed by atoms with Crippen molar-refractivity contribution in [3.63, 3.8) is 0 Å². The first-order valence-electron chi connectivity index (χ1n) is 11.7. The minimum Gasteiger partial charge on any atom is -0.260 e. The molecule has 0 atom stereocenters. The molecule has 3 nitrogen and oxygen atoms in total. The highest BCUT2D eigenvalue weighted by atomic mass is 32.1. The summed E-state index contributed by atoms with van der Waals surface area (Å²) in [5, 5.41) is 0. The second-order valence-corrected chi connectivity index (χ2v) is 8.97. The van der Waals surface area contributed by atoms with Gasteiger partial charge in [-0.25, -0.2) is 9.97 Å². The number of aryl methyl sites for hydroxylation is 5. The maximum Gasteiger partial charge on any atom is 0.159 e. The third-order valence-electron chi connectivity index (χ3n) is 6.45. The molecule has 2 aromatic heterocycles. The fourth-order valence-corrected chi connectivity index (χ4v) is 4.68. The minimum atomic E-state index is 0.822. The summed E-state index contributed by atoms with van der Waals surface area (Å²) < 4.78 is 0. The Morgan fingerprint density at radius 2 is 1.42 bits per heavy atom. The fraction of sp³-hybridized carbons (Fsp3) is 0.276. The van der Waals surface area contributed by atoms with E-state index < -0.39 is 0 Å². The summed E-state index contributed by atoms with van der Waals surface area (Å²) in [6, 6.07) is 19.2. The summed E-state index contributed by atoms with van der Waals surface area (Å²) >= 11 is 4.65. The Kier molecular flexibility index (Phi) is 7.56. The van der Waals surface area contributed by atoms with Gasteiger partial charge in [-0.2, -0.15) is 0 Å². The van der Waals surface area contributed by atoms with Crippen LogP contribution in [0.1, 0.15) is 46.1 Å². The number of hydrogen-bond donors (Lipinski definition) is 1. The molecule has 0 aliphatic carbocycles. The zero-order valence-corrected chi connectivity index (χ0v) is 20.6. The molecule has 0 unspecified atom stereocenters. The highest BCUT2D eigenvalue weighted by molar-refractivity contribution is 7.80. The third kappa shape index (κ3) is 5.51. The van der Waals surface area contributed by atoms with Crippen LogP contribution in [-0.4, -0.2) is 15.0 Å². The van der Waals surface area contributed by atoms with Crippen LogP contribution in [0.2, 0.25) is 0 Å². The van der Waals surface area contributed by atoms with E-state index in [1.807, 2.05) is 18.5 Å². The average Bonchev–Trinajstić information content (AvgIpc) is 2.86. The van der Waals surface area contributed by atoms with E-state index in [0.717, 1.165) is 59.8 Å². The van der Waals surface area contributed by atoms with Crippen molar-refractivity contribution < 1.29 is 0 Å². The van der Waals surface area contributed by atoms with E-state index in [2.05, 4.69) is 91.9 Å². The van der Waals surface area contributed by atoms with Crippen LogP contribution in [0, 0.1) is 13.8 Å². The van der Waals surface area contributed by atoms with E-state index in [1.165, 1.54) is 27.8 Å². The van der Waals surface area contributed by atoms with Crippen molar-refractivity contribution in [1.82, 2.24) is 15.0 Å². The van der Waals surface area contributed by atoms with E-state index in [1.54, 1.807) is 0 Å². The van der Waals surface area contributed by atoms with Crippen LogP contribution in [0.3, 0.4) is 0 Å². The van der Waals surface area contributed by atoms with Crippen LogP contribution in [0.15, 0.2) is 71.9 Å². The number of rotatable bonds is 8. The van der Waals surface area contributed by atoms with Gasteiger partial charge >= 0.3 is 0 Å². The van der Waals surface area contributed by atoms with Gasteiger partial charge in [0.05, 0.1) is 0 Å². The van der Waals surface area contributed by atoms with Crippen LogP contribution < -0.4 is 0 Å². The molecule has 2 heterocycles.